The number of benzene rings is 2. The van der Waals surface area contributed by atoms with Crippen molar-refractivity contribution in [3.8, 4) is 17.2 Å². The Morgan fingerprint density at radius 3 is 2.32 bits per heavy atom. The number of hydrogen-bond acceptors (Lipinski definition) is 16. The van der Waals surface area contributed by atoms with Gasteiger partial charge in [0.25, 0.3) is 10.9 Å². The number of carbonyl (C=O) groups is 5. The lowest BCUT2D eigenvalue weighted by atomic mass is 9.72. The highest BCUT2D eigenvalue weighted by atomic mass is 16.7. The first-order valence-electron chi connectivity index (χ1n) is 16.4. The lowest BCUT2D eigenvalue weighted by molar-refractivity contribution is -0.245. The highest BCUT2D eigenvalue weighted by molar-refractivity contribution is 6.31. The number of ether oxygens (including phenoxy) is 3. The maximum absolute atomic E-state index is 13.9. The van der Waals surface area contributed by atoms with Gasteiger partial charge in [-0.2, -0.15) is 0 Å². The number of aromatic hydroxyl groups is 2. The molecule has 280 valence electrons. The van der Waals surface area contributed by atoms with Crippen molar-refractivity contribution in [3.05, 3.63) is 72.0 Å². The van der Waals surface area contributed by atoms with Crippen molar-refractivity contribution in [2.75, 3.05) is 30.8 Å². The van der Waals surface area contributed by atoms with Crippen LogP contribution in [0.15, 0.2) is 27.8 Å². The molecule has 2 aliphatic carbocycles. The number of ketones is 3. The van der Waals surface area contributed by atoms with E-state index in [1.165, 1.54) is 32.2 Å². The third kappa shape index (κ3) is 6.28. The van der Waals surface area contributed by atoms with Crippen LogP contribution in [0, 0.1) is 0 Å². The van der Waals surface area contributed by atoms with Crippen LogP contribution in [0.3, 0.4) is 0 Å². The first kappa shape index (κ1) is 37.1. The summed E-state index contributed by atoms with van der Waals surface area (Å²) in [7, 11) is 1.29. The van der Waals surface area contributed by atoms with E-state index in [4.69, 9.17) is 19.3 Å². The molecule has 0 unspecified atom stereocenters. The van der Waals surface area contributed by atoms with Gasteiger partial charge in [-0.25, -0.2) is 0 Å². The Bertz CT molecular complexity index is 2150. The Labute approximate surface area is 299 Å². The van der Waals surface area contributed by atoms with E-state index in [1.807, 2.05) is 0 Å². The van der Waals surface area contributed by atoms with Crippen molar-refractivity contribution >= 4 is 40.6 Å². The van der Waals surface area contributed by atoms with Crippen LogP contribution in [-0.2, 0) is 30.3 Å². The lowest BCUT2D eigenvalue weighted by Crippen LogP contribution is -2.53. The van der Waals surface area contributed by atoms with Crippen molar-refractivity contribution in [1.82, 2.24) is 5.32 Å². The molecular weight excluding hydrogens is 702 g/mol. The van der Waals surface area contributed by atoms with E-state index in [1.54, 1.807) is 0 Å². The summed E-state index contributed by atoms with van der Waals surface area (Å²) in [5.41, 5.74) is -6.33. The van der Waals surface area contributed by atoms with Crippen molar-refractivity contribution < 1.29 is 63.7 Å². The normalized spacial score (nSPS) is 24.8. The average molecular weight is 738 g/mol. The molecule has 3 aromatic rings. The first-order chi connectivity index (χ1) is 25.0. The van der Waals surface area contributed by atoms with E-state index < -0.39 is 125 Å². The molecule has 53 heavy (non-hydrogen) atoms. The zero-order valence-corrected chi connectivity index (χ0v) is 28.5. The quantitative estimate of drug-likeness (QED) is 0.0704. The molecule has 8 N–H and O–H groups in total. The van der Waals surface area contributed by atoms with E-state index >= 15 is 0 Å². The number of methoxy groups -OCH3 is 1. The Hall–Kier alpha value is -5.69. The van der Waals surface area contributed by atoms with Crippen LogP contribution in [0.5, 0.6) is 17.2 Å². The predicted octanol–water partition coefficient (Wildman–Crippen LogP) is -0.609. The number of phenolic OH excluding ortho intramolecular Hbond substituents is 2. The number of phenols is 2. The molecule has 18 heteroatoms. The topological polar surface area (TPSA) is 284 Å². The molecule has 1 aliphatic heterocycles. The third-order valence-electron chi connectivity index (χ3n) is 9.86. The Kier molecular flexibility index (Phi) is 9.58. The molecule has 0 aromatic heterocycles. The van der Waals surface area contributed by atoms with Crippen molar-refractivity contribution in [2.24, 2.45) is 0 Å². The summed E-state index contributed by atoms with van der Waals surface area (Å²) in [4.78, 5) is 87.9. The zero-order chi connectivity index (χ0) is 38.7. The van der Waals surface area contributed by atoms with Gasteiger partial charge in [0, 0.05) is 36.0 Å². The molecule has 18 nitrogen and oxygen atoms in total. The van der Waals surface area contributed by atoms with E-state index in [0.717, 1.165) is 6.92 Å². The van der Waals surface area contributed by atoms with Gasteiger partial charge in [-0.15, -0.1) is 0 Å². The molecule has 3 aromatic carbocycles. The molecule has 1 amide bonds. The van der Waals surface area contributed by atoms with Gasteiger partial charge in [0.1, 0.15) is 46.9 Å². The molecule has 0 bridgehead atoms. The van der Waals surface area contributed by atoms with Gasteiger partial charge in [0.05, 0.1) is 48.6 Å². The van der Waals surface area contributed by atoms with Crippen molar-refractivity contribution in [1.29, 1.82) is 0 Å². The maximum atomic E-state index is 13.9. The summed E-state index contributed by atoms with van der Waals surface area (Å²) in [5.74, 6) is -5.86. The number of rotatable bonds is 11. The fourth-order valence-corrected chi connectivity index (χ4v) is 7.06. The minimum Gasteiger partial charge on any atom is -0.507 e. The number of Topliss-reactive ketones (excluding diaryl/α,β-unsaturated/α-hetero) is 1. The Morgan fingerprint density at radius 1 is 0.981 bits per heavy atom. The summed E-state index contributed by atoms with van der Waals surface area (Å²) >= 11 is 0. The highest BCUT2D eigenvalue weighted by Gasteiger charge is 2.49. The summed E-state index contributed by atoms with van der Waals surface area (Å²) in [5, 5.41) is 61.8. The molecule has 6 atom stereocenters. The third-order valence-corrected chi connectivity index (χ3v) is 9.86. The number of amides is 1. The number of carbonyl (C=O) groups excluding carboxylic acids is 4. The second kappa shape index (κ2) is 13.7. The standard InChI is InChI=1S/C35H35N3O15/c1-12-28(43)16(38-27-26(33(48)34(27)49)37-10-19(40)36-11-20(41)42)7-21(52-12)53-18-9-35(50,13(2)39)8-15-23(18)32(47)25-24(30(15)45)29(44)14-5-4-6-17(51-3)22(14)31(25)46/h4-6,12,16,18,21,28,37-38,43,45,47,50H,7-11H2,1-3H3,(H,36,40)(H,41,42)/t12-,16-,18-,21-,28+,35-/m0/s1. The molecule has 1 heterocycles. The number of hydrogen-bond donors (Lipinski definition) is 8. The molecule has 0 radical (unpaired) electrons. The van der Waals surface area contributed by atoms with Crippen LogP contribution in [0.25, 0.3) is 0 Å². The van der Waals surface area contributed by atoms with Gasteiger partial charge in [0.15, 0.2) is 17.9 Å². The van der Waals surface area contributed by atoms with Crippen LogP contribution >= 0.6 is 0 Å². The molecule has 3 aliphatic rings. The van der Waals surface area contributed by atoms with E-state index in [2.05, 4.69) is 16.0 Å². The van der Waals surface area contributed by atoms with Gasteiger partial charge in [-0.1, -0.05) is 12.1 Å². The van der Waals surface area contributed by atoms with Gasteiger partial charge < -0.3 is 55.7 Å². The molecule has 0 spiro atoms. The zero-order valence-electron chi connectivity index (χ0n) is 28.5. The van der Waals surface area contributed by atoms with Crippen LogP contribution in [0.1, 0.15) is 75.8 Å². The maximum Gasteiger partial charge on any atom is 0.322 e. The van der Waals surface area contributed by atoms with Gasteiger partial charge in [-0.05, 0) is 19.9 Å². The average Bonchev–Trinajstić information content (AvgIpc) is 3.11. The number of aliphatic hydroxyl groups excluding tert-OH is 1. The van der Waals surface area contributed by atoms with Gasteiger partial charge in [-0.3, -0.25) is 33.6 Å². The Balaban J connectivity index is 1.32. The number of aliphatic carboxylic acids is 1. The summed E-state index contributed by atoms with van der Waals surface area (Å²) < 4.78 is 17.4. The molecular formula is C35H35N3O15. The van der Waals surface area contributed by atoms with Crippen LogP contribution < -0.4 is 31.5 Å². The van der Waals surface area contributed by atoms with Gasteiger partial charge in [0.2, 0.25) is 11.7 Å². The monoisotopic (exact) mass is 737 g/mol. The summed E-state index contributed by atoms with van der Waals surface area (Å²) in [6.45, 7) is 1.36. The lowest BCUT2D eigenvalue weighted by Gasteiger charge is -2.43. The van der Waals surface area contributed by atoms with Crippen LogP contribution in [0.4, 0.5) is 11.4 Å². The molecule has 1 fully saturated rings. The number of carboxylic acids is 1. The SMILES string of the molecule is COc1cccc2c1C(=O)c1c(O)c3c(c(O)c1C2=O)C[C@@](O)(C(C)=O)C[C@@H]3O[C@H]1C[C@H](Nc2c(NCC(=O)NCC(=O)O)c(=O)c2=O)[C@H](O)[C@H](C)O1. The number of carboxylic acid groups (broad SMARTS) is 1. The van der Waals surface area contributed by atoms with E-state index in [-0.39, 0.29) is 45.8 Å². The van der Waals surface area contributed by atoms with Gasteiger partial charge >= 0.3 is 5.97 Å². The van der Waals surface area contributed by atoms with Crippen molar-refractivity contribution in [3.63, 3.8) is 0 Å². The minimum absolute atomic E-state index is 0.0464. The fraction of sp³-hybridized carbons (Fsp3) is 0.400. The number of nitrogens with one attached hydrogen (secondary N) is 3. The van der Waals surface area contributed by atoms with Crippen LogP contribution in [0.2, 0.25) is 0 Å². The smallest absolute Gasteiger partial charge is 0.322 e. The fourth-order valence-electron chi connectivity index (χ4n) is 7.06. The summed E-state index contributed by atoms with van der Waals surface area (Å²) in [6, 6.07) is 3.24. The first-order valence-corrected chi connectivity index (χ1v) is 16.4. The summed E-state index contributed by atoms with van der Waals surface area (Å²) in [6.07, 6.45) is -6.34. The largest absolute Gasteiger partial charge is 0.507 e. The predicted molar refractivity (Wildman–Crippen MR) is 180 cm³/mol. The number of aliphatic hydroxyl groups is 2. The van der Waals surface area contributed by atoms with Crippen LogP contribution in [-0.4, -0.2) is 105 Å². The number of fused-ring (bicyclic) bond motifs is 3. The second-order valence-electron chi connectivity index (χ2n) is 13.2. The number of anilines is 2. The Morgan fingerprint density at radius 2 is 1.66 bits per heavy atom. The minimum atomic E-state index is -2.17. The molecule has 6 rings (SSSR count). The highest BCUT2D eigenvalue weighted by Crippen LogP contribution is 2.52. The van der Waals surface area contributed by atoms with E-state index in [0.29, 0.717) is 0 Å². The van der Waals surface area contributed by atoms with Crippen molar-refractivity contribution in [2.45, 2.75) is 69.4 Å². The molecule has 0 saturated carbocycles. The molecule has 1 saturated heterocycles. The van der Waals surface area contributed by atoms with E-state index in [9.17, 15) is 54.0 Å². The second-order valence-corrected chi connectivity index (χ2v) is 13.2.